The van der Waals surface area contributed by atoms with Crippen molar-refractivity contribution in [3.63, 3.8) is 0 Å². The van der Waals surface area contributed by atoms with Gasteiger partial charge in [-0.15, -0.1) is 0 Å². The molecule has 2 aromatic carbocycles. The molecule has 122 valence electrons. The largest absolute Gasteiger partial charge is 0.508 e. The van der Waals surface area contributed by atoms with Gasteiger partial charge in [-0.3, -0.25) is 14.2 Å². The van der Waals surface area contributed by atoms with Crippen LogP contribution >= 0.6 is 0 Å². The Morgan fingerprint density at radius 3 is 2.68 bits per heavy atom. The molecule has 0 unspecified atom stereocenters. The van der Waals surface area contributed by atoms with Gasteiger partial charge in [0.2, 0.25) is 0 Å². The van der Waals surface area contributed by atoms with Crippen molar-refractivity contribution in [2.45, 2.75) is 0 Å². The number of pyridine rings is 2. The standard InChI is InChI=1S/C20H15N3O2/c1-22(2)16-5-3-4-13-17(16)18-19-12(8-9-21-18)14-10-11(24)6-7-15(14)23(19)20(13)25/h3-10,24H,1-2H3. The average molecular weight is 329 g/mol. The van der Waals surface area contributed by atoms with Gasteiger partial charge in [-0.1, -0.05) is 6.07 Å². The van der Waals surface area contributed by atoms with Gasteiger partial charge in [0.25, 0.3) is 5.56 Å². The summed E-state index contributed by atoms with van der Waals surface area (Å²) in [6.07, 6.45) is 1.76. The number of hydrogen-bond acceptors (Lipinski definition) is 4. The van der Waals surface area contributed by atoms with Crippen molar-refractivity contribution >= 4 is 43.8 Å². The zero-order chi connectivity index (χ0) is 17.3. The van der Waals surface area contributed by atoms with Gasteiger partial charge in [0, 0.05) is 42.1 Å². The molecule has 25 heavy (non-hydrogen) atoms. The van der Waals surface area contributed by atoms with E-state index in [2.05, 4.69) is 4.98 Å². The molecule has 5 aromatic rings. The lowest BCUT2D eigenvalue weighted by Gasteiger charge is -2.16. The molecule has 0 amide bonds. The van der Waals surface area contributed by atoms with Gasteiger partial charge in [-0.2, -0.15) is 0 Å². The molecule has 0 radical (unpaired) electrons. The Hall–Kier alpha value is -3.34. The number of phenols is 1. The fraction of sp³-hybridized carbons (Fsp3) is 0.100. The average Bonchev–Trinajstić information content (AvgIpc) is 2.94. The molecule has 0 saturated carbocycles. The molecule has 3 aromatic heterocycles. The van der Waals surface area contributed by atoms with E-state index in [4.69, 9.17) is 0 Å². The molecular weight excluding hydrogens is 314 g/mol. The van der Waals surface area contributed by atoms with Gasteiger partial charge in [0.05, 0.1) is 21.9 Å². The first-order valence-electron chi connectivity index (χ1n) is 8.05. The highest BCUT2D eigenvalue weighted by Gasteiger charge is 2.19. The van der Waals surface area contributed by atoms with E-state index in [1.54, 1.807) is 28.8 Å². The molecule has 0 aliphatic heterocycles. The van der Waals surface area contributed by atoms with Crippen LogP contribution in [0.25, 0.3) is 38.1 Å². The minimum absolute atomic E-state index is 0.0649. The maximum absolute atomic E-state index is 13.3. The van der Waals surface area contributed by atoms with Crippen LogP contribution in [0.5, 0.6) is 5.75 Å². The van der Waals surface area contributed by atoms with Gasteiger partial charge in [-0.25, -0.2) is 0 Å². The second kappa shape index (κ2) is 4.60. The second-order valence-electron chi connectivity index (χ2n) is 6.49. The lowest BCUT2D eigenvalue weighted by atomic mass is 10.1. The highest BCUT2D eigenvalue weighted by molar-refractivity contribution is 6.21. The Morgan fingerprint density at radius 2 is 1.88 bits per heavy atom. The molecule has 0 saturated heterocycles. The van der Waals surface area contributed by atoms with Crippen LogP contribution in [0.1, 0.15) is 0 Å². The minimum atomic E-state index is -0.0649. The Labute approximate surface area is 142 Å². The third-order valence-corrected chi connectivity index (χ3v) is 4.85. The van der Waals surface area contributed by atoms with Gasteiger partial charge in [0.1, 0.15) is 5.75 Å². The van der Waals surface area contributed by atoms with Crippen LogP contribution in [0.4, 0.5) is 5.69 Å². The second-order valence-corrected chi connectivity index (χ2v) is 6.49. The number of rotatable bonds is 1. The maximum Gasteiger partial charge on any atom is 0.263 e. The Kier molecular flexibility index (Phi) is 2.58. The van der Waals surface area contributed by atoms with Gasteiger partial charge < -0.3 is 10.0 Å². The van der Waals surface area contributed by atoms with Gasteiger partial charge in [0.15, 0.2) is 0 Å². The third-order valence-electron chi connectivity index (χ3n) is 4.85. The SMILES string of the molecule is CN(C)c1cccc2c(=O)n3c4ccc(O)cc4c4ccnc(c12)c43. The van der Waals surface area contributed by atoms with Gasteiger partial charge >= 0.3 is 0 Å². The van der Waals surface area contributed by atoms with E-state index < -0.39 is 0 Å². The van der Waals surface area contributed by atoms with Crippen LogP contribution in [0.15, 0.2) is 53.5 Å². The fourth-order valence-electron chi connectivity index (χ4n) is 3.81. The summed E-state index contributed by atoms with van der Waals surface area (Å²) in [5.74, 6) is 0.183. The van der Waals surface area contributed by atoms with Crippen LogP contribution in [0, 0.1) is 0 Å². The number of nitrogens with zero attached hydrogens (tertiary/aromatic N) is 3. The molecule has 0 spiro atoms. The topological polar surface area (TPSA) is 57.8 Å². The molecule has 1 N–H and O–H groups in total. The summed E-state index contributed by atoms with van der Waals surface area (Å²) in [6.45, 7) is 0. The first-order chi connectivity index (χ1) is 12.1. The number of aromatic hydroxyl groups is 1. The molecule has 3 heterocycles. The van der Waals surface area contributed by atoms with E-state index >= 15 is 0 Å². The summed E-state index contributed by atoms with van der Waals surface area (Å²) in [6, 6.07) is 12.7. The van der Waals surface area contributed by atoms with Crippen LogP contribution in [-0.2, 0) is 0 Å². The van der Waals surface area contributed by atoms with Crippen molar-refractivity contribution in [1.29, 1.82) is 0 Å². The molecule has 5 nitrogen and oxygen atoms in total. The Bertz CT molecular complexity index is 1350. The first-order valence-corrected chi connectivity index (χ1v) is 8.05. The molecule has 5 heteroatoms. The number of hydrogen-bond donors (Lipinski definition) is 1. The van der Waals surface area contributed by atoms with Crippen molar-refractivity contribution in [3.05, 3.63) is 59.0 Å². The number of aromatic nitrogens is 2. The minimum Gasteiger partial charge on any atom is -0.508 e. The highest BCUT2D eigenvalue weighted by Crippen LogP contribution is 2.36. The lowest BCUT2D eigenvalue weighted by Crippen LogP contribution is -2.16. The number of anilines is 1. The summed E-state index contributed by atoms with van der Waals surface area (Å²) in [7, 11) is 3.92. The highest BCUT2D eigenvalue weighted by atomic mass is 16.3. The molecule has 0 fully saturated rings. The van der Waals surface area contributed by atoms with E-state index in [0.717, 1.165) is 38.4 Å². The predicted octanol–water partition coefficient (Wildman–Crippen LogP) is 3.36. The monoisotopic (exact) mass is 329 g/mol. The van der Waals surface area contributed by atoms with E-state index in [1.807, 2.05) is 43.3 Å². The van der Waals surface area contributed by atoms with E-state index in [9.17, 15) is 9.90 Å². The Balaban J connectivity index is 2.21. The van der Waals surface area contributed by atoms with Crippen molar-refractivity contribution in [2.75, 3.05) is 19.0 Å². The Morgan fingerprint density at radius 1 is 1.04 bits per heavy atom. The fourth-order valence-corrected chi connectivity index (χ4v) is 3.81. The summed E-state index contributed by atoms with van der Waals surface area (Å²) in [5.41, 5.74) is 3.28. The van der Waals surface area contributed by atoms with Crippen LogP contribution < -0.4 is 10.5 Å². The lowest BCUT2D eigenvalue weighted by molar-refractivity contribution is 0.476. The van der Waals surface area contributed by atoms with E-state index in [1.165, 1.54) is 0 Å². The smallest absolute Gasteiger partial charge is 0.263 e. The predicted molar refractivity (Wildman–Crippen MR) is 101 cm³/mol. The van der Waals surface area contributed by atoms with Crippen LogP contribution in [0.2, 0.25) is 0 Å². The molecule has 0 aliphatic carbocycles. The number of fused-ring (bicyclic) bond motifs is 5. The summed E-state index contributed by atoms with van der Waals surface area (Å²) >= 11 is 0. The molecular formula is C20H15N3O2. The van der Waals surface area contributed by atoms with Crippen molar-refractivity contribution in [3.8, 4) is 5.75 Å². The first kappa shape index (κ1) is 14.0. The van der Waals surface area contributed by atoms with Crippen molar-refractivity contribution in [1.82, 2.24) is 9.38 Å². The molecule has 0 bridgehead atoms. The summed E-state index contributed by atoms with van der Waals surface area (Å²) in [4.78, 5) is 19.9. The number of benzene rings is 2. The quantitative estimate of drug-likeness (QED) is 0.479. The molecule has 5 rings (SSSR count). The van der Waals surface area contributed by atoms with Crippen LogP contribution in [-0.4, -0.2) is 28.6 Å². The third kappa shape index (κ3) is 1.67. The molecule has 0 atom stereocenters. The van der Waals surface area contributed by atoms with Gasteiger partial charge in [-0.05, 0) is 36.4 Å². The van der Waals surface area contributed by atoms with E-state index in [-0.39, 0.29) is 11.3 Å². The number of phenolic OH excluding ortho intramolecular Hbond substituents is 1. The summed E-state index contributed by atoms with van der Waals surface area (Å²) < 4.78 is 1.72. The molecule has 0 aliphatic rings. The normalized spacial score (nSPS) is 11.9. The summed E-state index contributed by atoms with van der Waals surface area (Å²) in [5, 5.41) is 13.2. The maximum atomic E-state index is 13.3. The zero-order valence-electron chi connectivity index (χ0n) is 13.8. The van der Waals surface area contributed by atoms with Crippen molar-refractivity contribution < 1.29 is 5.11 Å². The van der Waals surface area contributed by atoms with Crippen LogP contribution in [0.3, 0.4) is 0 Å². The zero-order valence-corrected chi connectivity index (χ0v) is 13.8. The van der Waals surface area contributed by atoms with Crippen molar-refractivity contribution in [2.24, 2.45) is 0 Å². The van der Waals surface area contributed by atoms with E-state index in [0.29, 0.717) is 5.39 Å².